The molecule has 0 aliphatic carbocycles. The number of ether oxygens (including phenoxy) is 2. The standard InChI is InChI=1S/C15H30O3/c1-3-5-6-7-8-9-10-11-12-13-17-15(4-2)18-14-16/h14-15H,3-13H2,1-2H3. The molecule has 0 spiro atoms. The van der Waals surface area contributed by atoms with E-state index in [4.69, 9.17) is 9.47 Å². The normalized spacial score (nSPS) is 12.3. The molecule has 0 saturated heterocycles. The van der Waals surface area contributed by atoms with Crippen LogP contribution in [0.25, 0.3) is 0 Å². The zero-order chi connectivity index (χ0) is 13.5. The largest absolute Gasteiger partial charge is 0.438 e. The van der Waals surface area contributed by atoms with E-state index in [9.17, 15) is 4.79 Å². The third kappa shape index (κ3) is 11.9. The summed E-state index contributed by atoms with van der Waals surface area (Å²) in [5, 5.41) is 0. The van der Waals surface area contributed by atoms with Crippen molar-refractivity contribution in [1.82, 2.24) is 0 Å². The highest BCUT2D eigenvalue weighted by Gasteiger charge is 2.04. The molecule has 0 aliphatic heterocycles. The zero-order valence-corrected chi connectivity index (χ0v) is 12.2. The molecule has 0 aromatic carbocycles. The van der Waals surface area contributed by atoms with Crippen LogP contribution in [0.5, 0.6) is 0 Å². The second-order valence-corrected chi connectivity index (χ2v) is 4.77. The Bertz CT molecular complexity index is 171. The molecule has 0 fully saturated rings. The van der Waals surface area contributed by atoms with E-state index >= 15 is 0 Å². The summed E-state index contributed by atoms with van der Waals surface area (Å²) in [6.45, 7) is 5.36. The van der Waals surface area contributed by atoms with Crippen molar-refractivity contribution in [3.8, 4) is 0 Å². The molecule has 0 rings (SSSR count). The fourth-order valence-electron chi connectivity index (χ4n) is 1.94. The van der Waals surface area contributed by atoms with Gasteiger partial charge >= 0.3 is 0 Å². The van der Waals surface area contributed by atoms with Crippen LogP contribution in [0.3, 0.4) is 0 Å². The van der Waals surface area contributed by atoms with Crippen LogP contribution in [0.2, 0.25) is 0 Å². The van der Waals surface area contributed by atoms with Crippen LogP contribution >= 0.6 is 0 Å². The molecular weight excluding hydrogens is 228 g/mol. The first-order chi connectivity index (χ1) is 8.85. The molecule has 0 radical (unpaired) electrons. The van der Waals surface area contributed by atoms with Crippen LogP contribution in [0.4, 0.5) is 0 Å². The van der Waals surface area contributed by atoms with Crippen LogP contribution in [0.15, 0.2) is 0 Å². The van der Waals surface area contributed by atoms with Crippen LogP contribution in [0.1, 0.15) is 78.1 Å². The van der Waals surface area contributed by atoms with E-state index in [1.54, 1.807) is 0 Å². The summed E-state index contributed by atoms with van der Waals surface area (Å²) < 4.78 is 10.2. The van der Waals surface area contributed by atoms with Crippen molar-refractivity contribution in [2.24, 2.45) is 0 Å². The van der Waals surface area contributed by atoms with Crippen molar-refractivity contribution >= 4 is 6.47 Å². The Kier molecular flexibility index (Phi) is 14.0. The summed E-state index contributed by atoms with van der Waals surface area (Å²) in [4.78, 5) is 10.2. The van der Waals surface area contributed by atoms with Gasteiger partial charge < -0.3 is 9.47 Å². The van der Waals surface area contributed by atoms with Crippen molar-refractivity contribution in [3.63, 3.8) is 0 Å². The van der Waals surface area contributed by atoms with Gasteiger partial charge in [-0.3, -0.25) is 4.79 Å². The molecule has 0 aromatic heterocycles. The third-order valence-corrected chi connectivity index (χ3v) is 3.09. The predicted octanol–water partition coefficient (Wildman–Crippen LogP) is 4.44. The van der Waals surface area contributed by atoms with Gasteiger partial charge in [-0.05, 0) is 6.42 Å². The van der Waals surface area contributed by atoms with Gasteiger partial charge in [-0.2, -0.15) is 0 Å². The van der Waals surface area contributed by atoms with E-state index < -0.39 is 0 Å². The molecule has 0 N–H and O–H groups in total. The maximum atomic E-state index is 10.2. The Morgan fingerprint density at radius 2 is 1.44 bits per heavy atom. The van der Waals surface area contributed by atoms with E-state index in [1.807, 2.05) is 6.92 Å². The molecule has 3 nitrogen and oxygen atoms in total. The minimum Gasteiger partial charge on any atom is -0.438 e. The second-order valence-electron chi connectivity index (χ2n) is 4.77. The van der Waals surface area contributed by atoms with Gasteiger partial charge in [-0.1, -0.05) is 65.2 Å². The lowest BCUT2D eigenvalue weighted by Crippen LogP contribution is -2.16. The SMILES string of the molecule is CCCCCCCCCCCOC(CC)OC=O. The van der Waals surface area contributed by atoms with Gasteiger partial charge in [0.05, 0.1) is 6.61 Å². The molecule has 1 unspecified atom stereocenters. The number of hydrogen-bond acceptors (Lipinski definition) is 3. The molecule has 0 aliphatic rings. The first-order valence-electron chi connectivity index (χ1n) is 7.55. The van der Waals surface area contributed by atoms with Crippen molar-refractivity contribution < 1.29 is 14.3 Å². The Balaban J connectivity index is 3.12. The number of carbonyl (C=O) groups excluding carboxylic acids is 1. The van der Waals surface area contributed by atoms with E-state index in [-0.39, 0.29) is 6.29 Å². The highest BCUT2D eigenvalue weighted by molar-refractivity contribution is 5.37. The minimum atomic E-state index is -0.350. The first kappa shape index (κ1) is 17.4. The average molecular weight is 258 g/mol. The Morgan fingerprint density at radius 1 is 0.889 bits per heavy atom. The Morgan fingerprint density at radius 3 is 1.94 bits per heavy atom. The van der Waals surface area contributed by atoms with Gasteiger partial charge in [0.2, 0.25) is 6.29 Å². The van der Waals surface area contributed by atoms with Gasteiger partial charge in [0.1, 0.15) is 0 Å². The average Bonchev–Trinajstić information content (AvgIpc) is 2.39. The quantitative estimate of drug-likeness (QED) is 0.262. The van der Waals surface area contributed by atoms with E-state index in [0.29, 0.717) is 13.1 Å². The fourth-order valence-corrected chi connectivity index (χ4v) is 1.94. The topological polar surface area (TPSA) is 35.5 Å². The molecule has 0 saturated carbocycles. The molecule has 0 heterocycles. The van der Waals surface area contributed by atoms with Gasteiger partial charge in [-0.25, -0.2) is 0 Å². The first-order valence-corrected chi connectivity index (χ1v) is 7.55. The van der Waals surface area contributed by atoms with Crippen molar-refractivity contribution in [3.05, 3.63) is 0 Å². The third-order valence-electron chi connectivity index (χ3n) is 3.09. The lowest BCUT2D eigenvalue weighted by Gasteiger charge is -2.13. The molecular formula is C15H30O3. The lowest BCUT2D eigenvalue weighted by atomic mass is 10.1. The summed E-state index contributed by atoms with van der Waals surface area (Å²) in [5.74, 6) is 0. The number of hydrogen-bond donors (Lipinski definition) is 0. The number of carbonyl (C=O) groups is 1. The molecule has 108 valence electrons. The van der Waals surface area contributed by atoms with Crippen molar-refractivity contribution in [2.45, 2.75) is 84.3 Å². The lowest BCUT2D eigenvalue weighted by molar-refractivity contribution is -0.164. The molecule has 0 aromatic rings. The van der Waals surface area contributed by atoms with Crippen molar-refractivity contribution in [2.75, 3.05) is 6.61 Å². The van der Waals surface area contributed by atoms with Crippen LogP contribution < -0.4 is 0 Å². The predicted molar refractivity (Wildman–Crippen MR) is 74.4 cm³/mol. The monoisotopic (exact) mass is 258 g/mol. The zero-order valence-electron chi connectivity index (χ0n) is 12.2. The van der Waals surface area contributed by atoms with E-state index in [1.165, 1.54) is 51.4 Å². The summed E-state index contributed by atoms with van der Waals surface area (Å²) in [6.07, 6.45) is 12.1. The Hall–Kier alpha value is -0.570. The highest BCUT2D eigenvalue weighted by atomic mass is 16.7. The molecule has 3 heteroatoms. The molecule has 18 heavy (non-hydrogen) atoms. The van der Waals surface area contributed by atoms with Gasteiger partial charge in [-0.15, -0.1) is 0 Å². The smallest absolute Gasteiger partial charge is 0.295 e. The van der Waals surface area contributed by atoms with Gasteiger partial charge in [0.25, 0.3) is 6.47 Å². The van der Waals surface area contributed by atoms with Crippen LogP contribution in [-0.4, -0.2) is 19.4 Å². The van der Waals surface area contributed by atoms with Gasteiger partial charge in [0.15, 0.2) is 0 Å². The maximum Gasteiger partial charge on any atom is 0.295 e. The van der Waals surface area contributed by atoms with Gasteiger partial charge in [0, 0.05) is 6.42 Å². The summed E-state index contributed by atoms with van der Waals surface area (Å²) in [7, 11) is 0. The van der Waals surface area contributed by atoms with Crippen molar-refractivity contribution in [1.29, 1.82) is 0 Å². The summed E-state index contributed by atoms with van der Waals surface area (Å²) in [5.41, 5.74) is 0. The van der Waals surface area contributed by atoms with Crippen LogP contribution in [-0.2, 0) is 14.3 Å². The van der Waals surface area contributed by atoms with Crippen LogP contribution in [0, 0.1) is 0 Å². The minimum absolute atomic E-state index is 0.350. The number of unbranched alkanes of at least 4 members (excludes halogenated alkanes) is 8. The summed E-state index contributed by atoms with van der Waals surface area (Å²) >= 11 is 0. The maximum absolute atomic E-state index is 10.2. The molecule has 0 amide bonds. The van der Waals surface area contributed by atoms with E-state index in [2.05, 4.69) is 6.92 Å². The second kappa shape index (κ2) is 14.5. The van der Waals surface area contributed by atoms with E-state index in [0.717, 1.165) is 12.8 Å². The fraction of sp³-hybridized carbons (Fsp3) is 0.933. The Labute approximate surface area is 112 Å². The highest BCUT2D eigenvalue weighted by Crippen LogP contribution is 2.10. The summed E-state index contributed by atoms with van der Waals surface area (Å²) in [6, 6.07) is 0. The number of rotatable bonds is 14. The molecule has 1 atom stereocenters. The molecule has 0 bridgehead atoms.